The second kappa shape index (κ2) is 3.30. The number of hydrogen-bond donors (Lipinski definition) is 0. The van der Waals surface area contributed by atoms with Crippen molar-refractivity contribution in [2.75, 3.05) is 5.75 Å². The van der Waals surface area contributed by atoms with E-state index in [9.17, 15) is 0 Å². The first-order valence-corrected chi connectivity index (χ1v) is 4.42. The predicted octanol–water partition coefficient (Wildman–Crippen LogP) is 2.19. The quantitative estimate of drug-likeness (QED) is 0.643. The van der Waals surface area contributed by atoms with E-state index in [-0.39, 0.29) is 0 Å². The number of thioether (sulfide) groups is 1. The van der Waals surface area contributed by atoms with Gasteiger partial charge >= 0.3 is 0 Å². The molecule has 0 saturated carbocycles. The standard InChI is InChI=1S/C6H9ClN2S/c1-3-10-5-4-8-9(2)6(5)7/h4H,3H2,1-2H3. The van der Waals surface area contributed by atoms with Crippen molar-refractivity contribution in [2.24, 2.45) is 7.05 Å². The van der Waals surface area contributed by atoms with E-state index in [1.54, 1.807) is 22.6 Å². The second-order valence-electron chi connectivity index (χ2n) is 1.86. The van der Waals surface area contributed by atoms with Crippen molar-refractivity contribution in [3.8, 4) is 0 Å². The maximum Gasteiger partial charge on any atom is 0.140 e. The molecule has 1 heterocycles. The lowest BCUT2D eigenvalue weighted by molar-refractivity contribution is 0.767. The summed E-state index contributed by atoms with van der Waals surface area (Å²) in [4.78, 5) is 1.06. The fraction of sp³-hybridized carbons (Fsp3) is 0.500. The minimum Gasteiger partial charge on any atom is -0.256 e. The molecule has 0 bridgehead atoms. The van der Waals surface area contributed by atoms with Crippen LogP contribution in [0.4, 0.5) is 0 Å². The molecule has 10 heavy (non-hydrogen) atoms. The average Bonchev–Trinajstić information content (AvgIpc) is 2.20. The molecule has 1 aromatic rings. The van der Waals surface area contributed by atoms with E-state index in [1.807, 2.05) is 7.05 Å². The zero-order chi connectivity index (χ0) is 7.56. The van der Waals surface area contributed by atoms with Crippen molar-refractivity contribution in [1.82, 2.24) is 9.78 Å². The number of aryl methyl sites for hydroxylation is 1. The van der Waals surface area contributed by atoms with E-state index < -0.39 is 0 Å². The van der Waals surface area contributed by atoms with Crippen LogP contribution >= 0.6 is 23.4 Å². The van der Waals surface area contributed by atoms with Gasteiger partial charge in [0, 0.05) is 7.05 Å². The third kappa shape index (κ3) is 1.47. The van der Waals surface area contributed by atoms with Gasteiger partial charge in [-0.1, -0.05) is 18.5 Å². The van der Waals surface area contributed by atoms with Gasteiger partial charge in [-0.05, 0) is 5.75 Å². The first-order chi connectivity index (χ1) is 4.75. The zero-order valence-corrected chi connectivity index (χ0v) is 7.54. The first-order valence-electron chi connectivity index (χ1n) is 3.06. The summed E-state index contributed by atoms with van der Waals surface area (Å²) in [6.45, 7) is 2.09. The molecule has 0 aliphatic heterocycles. The van der Waals surface area contributed by atoms with Crippen molar-refractivity contribution in [3.63, 3.8) is 0 Å². The minimum absolute atomic E-state index is 0.729. The van der Waals surface area contributed by atoms with Crippen LogP contribution in [0.25, 0.3) is 0 Å². The van der Waals surface area contributed by atoms with Crippen molar-refractivity contribution in [1.29, 1.82) is 0 Å². The van der Waals surface area contributed by atoms with Crippen molar-refractivity contribution < 1.29 is 0 Å². The highest BCUT2D eigenvalue weighted by Gasteiger charge is 2.03. The van der Waals surface area contributed by atoms with E-state index in [1.165, 1.54) is 0 Å². The van der Waals surface area contributed by atoms with Gasteiger partial charge in [0.1, 0.15) is 5.15 Å². The van der Waals surface area contributed by atoms with Gasteiger partial charge in [-0.2, -0.15) is 5.10 Å². The number of hydrogen-bond acceptors (Lipinski definition) is 2. The fourth-order valence-electron chi connectivity index (χ4n) is 0.655. The van der Waals surface area contributed by atoms with Crippen LogP contribution < -0.4 is 0 Å². The Balaban J connectivity index is 2.83. The van der Waals surface area contributed by atoms with Crippen LogP contribution in [0.1, 0.15) is 6.92 Å². The van der Waals surface area contributed by atoms with Gasteiger partial charge in [0.25, 0.3) is 0 Å². The molecule has 2 nitrogen and oxygen atoms in total. The van der Waals surface area contributed by atoms with Gasteiger partial charge < -0.3 is 0 Å². The topological polar surface area (TPSA) is 17.8 Å². The van der Waals surface area contributed by atoms with Crippen molar-refractivity contribution in [2.45, 2.75) is 11.8 Å². The van der Waals surface area contributed by atoms with Crippen LogP contribution in [0.2, 0.25) is 5.15 Å². The van der Waals surface area contributed by atoms with Crippen LogP contribution in [-0.4, -0.2) is 15.5 Å². The monoisotopic (exact) mass is 176 g/mol. The summed E-state index contributed by atoms with van der Waals surface area (Å²) in [6, 6.07) is 0. The first kappa shape index (κ1) is 7.95. The lowest BCUT2D eigenvalue weighted by Gasteiger charge is -1.93. The Kier molecular flexibility index (Phi) is 2.63. The molecule has 0 amide bonds. The highest BCUT2D eigenvalue weighted by Crippen LogP contribution is 2.25. The molecule has 0 fully saturated rings. The minimum atomic E-state index is 0.729. The Morgan fingerprint density at radius 2 is 2.50 bits per heavy atom. The normalized spacial score (nSPS) is 10.3. The molecule has 0 atom stereocenters. The van der Waals surface area contributed by atoms with E-state index in [2.05, 4.69) is 12.0 Å². The van der Waals surface area contributed by atoms with Gasteiger partial charge in [0.05, 0.1) is 11.1 Å². The number of rotatable bonds is 2. The van der Waals surface area contributed by atoms with Gasteiger partial charge in [-0.15, -0.1) is 11.8 Å². The van der Waals surface area contributed by atoms with Crippen LogP contribution in [0.5, 0.6) is 0 Å². The van der Waals surface area contributed by atoms with Gasteiger partial charge in [0.2, 0.25) is 0 Å². The van der Waals surface area contributed by atoms with Crippen molar-refractivity contribution in [3.05, 3.63) is 11.3 Å². The largest absolute Gasteiger partial charge is 0.256 e. The SMILES string of the molecule is CCSc1cnn(C)c1Cl. The maximum atomic E-state index is 5.87. The fourth-order valence-corrected chi connectivity index (χ4v) is 1.59. The molecule has 0 spiro atoms. The van der Waals surface area contributed by atoms with E-state index >= 15 is 0 Å². The maximum absolute atomic E-state index is 5.87. The lowest BCUT2D eigenvalue weighted by Crippen LogP contribution is -1.87. The third-order valence-electron chi connectivity index (χ3n) is 1.14. The molecular formula is C6H9ClN2S. The number of halogens is 1. The Labute approximate surface area is 69.6 Å². The predicted molar refractivity (Wildman–Crippen MR) is 44.6 cm³/mol. The second-order valence-corrected chi connectivity index (χ2v) is 3.52. The molecular weight excluding hydrogens is 168 g/mol. The summed E-state index contributed by atoms with van der Waals surface area (Å²) < 4.78 is 1.67. The molecule has 0 aliphatic rings. The molecule has 1 aromatic heterocycles. The number of nitrogens with zero attached hydrogens (tertiary/aromatic N) is 2. The van der Waals surface area contributed by atoms with Crippen LogP contribution in [-0.2, 0) is 7.05 Å². The van der Waals surface area contributed by atoms with Gasteiger partial charge in [-0.3, -0.25) is 4.68 Å². The average molecular weight is 177 g/mol. The number of aromatic nitrogens is 2. The highest BCUT2D eigenvalue weighted by molar-refractivity contribution is 7.99. The molecule has 0 saturated heterocycles. The van der Waals surface area contributed by atoms with Gasteiger partial charge in [0.15, 0.2) is 0 Å². The summed E-state index contributed by atoms with van der Waals surface area (Å²) >= 11 is 7.57. The van der Waals surface area contributed by atoms with E-state index in [4.69, 9.17) is 11.6 Å². The summed E-state index contributed by atoms with van der Waals surface area (Å²) in [5, 5.41) is 4.73. The molecule has 1 rings (SSSR count). The molecule has 0 unspecified atom stereocenters. The lowest BCUT2D eigenvalue weighted by atomic mass is 10.7. The summed E-state index contributed by atoms with van der Waals surface area (Å²) in [5.74, 6) is 1.03. The molecule has 56 valence electrons. The van der Waals surface area contributed by atoms with Crippen LogP contribution in [0.3, 0.4) is 0 Å². The summed E-state index contributed by atoms with van der Waals surface area (Å²) in [6.07, 6.45) is 1.79. The van der Waals surface area contributed by atoms with Crippen LogP contribution in [0, 0.1) is 0 Å². The van der Waals surface area contributed by atoms with Crippen LogP contribution in [0.15, 0.2) is 11.1 Å². The van der Waals surface area contributed by atoms with E-state index in [0.717, 1.165) is 15.8 Å². The third-order valence-corrected chi connectivity index (χ3v) is 2.59. The Bertz CT molecular complexity index is 222. The molecule has 4 heteroatoms. The zero-order valence-electron chi connectivity index (χ0n) is 5.97. The molecule has 0 aliphatic carbocycles. The highest BCUT2D eigenvalue weighted by atomic mass is 35.5. The summed E-state index contributed by atoms with van der Waals surface area (Å²) in [5.41, 5.74) is 0. The van der Waals surface area contributed by atoms with Gasteiger partial charge in [-0.25, -0.2) is 0 Å². The molecule has 0 radical (unpaired) electrons. The molecule has 0 N–H and O–H groups in total. The Morgan fingerprint density at radius 1 is 1.80 bits per heavy atom. The van der Waals surface area contributed by atoms with E-state index in [0.29, 0.717) is 0 Å². The molecule has 0 aromatic carbocycles. The Morgan fingerprint density at radius 3 is 2.90 bits per heavy atom. The van der Waals surface area contributed by atoms with Crippen molar-refractivity contribution >= 4 is 23.4 Å². The summed E-state index contributed by atoms with van der Waals surface area (Å²) in [7, 11) is 1.84. The Hall–Kier alpha value is -0.150. The smallest absolute Gasteiger partial charge is 0.140 e.